The fourth-order valence-corrected chi connectivity index (χ4v) is 8.49. The Balaban J connectivity index is 0.929. The third kappa shape index (κ3) is 13.4. The van der Waals surface area contributed by atoms with Crippen LogP contribution in [0.1, 0.15) is 39.5 Å². The zero-order chi connectivity index (χ0) is 54.3. The number of azo groups is 2. The van der Waals surface area contributed by atoms with Crippen molar-refractivity contribution in [1.82, 2.24) is 29.9 Å². The van der Waals surface area contributed by atoms with Gasteiger partial charge in [0.1, 0.15) is 10.6 Å². The molecule has 0 bridgehead atoms. The van der Waals surface area contributed by atoms with Gasteiger partial charge in [0.05, 0.1) is 27.6 Å². The first kappa shape index (κ1) is 52.9. The van der Waals surface area contributed by atoms with Crippen molar-refractivity contribution in [3.8, 4) is 5.75 Å². The molecule has 388 valence electrons. The number of aryl methyl sites for hydroxylation is 3. The average molecular weight is 1070 g/mol. The van der Waals surface area contributed by atoms with Crippen molar-refractivity contribution < 1.29 is 44.6 Å². The Kier molecular flexibility index (Phi) is 15.6. The fourth-order valence-electron chi connectivity index (χ4n) is 7.17. The number of aromatic hydroxyl groups is 1. The highest BCUT2D eigenvalue weighted by atomic mass is 32.2. The van der Waals surface area contributed by atoms with Gasteiger partial charge in [0.25, 0.3) is 20.2 Å². The summed E-state index contributed by atoms with van der Waals surface area (Å²) < 4.78 is 98.4. The van der Waals surface area contributed by atoms with Crippen LogP contribution in [0.2, 0.25) is 0 Å². The number of phenols is 1. The van der Waals surface area contributed by atoms with Gasteiger partial charge in [-0.05, 0) is 117 Å². The van der Waals surface area contributed by atoms with Crippen molar-refractivity contribution in [2.24, 2.45) is 25.6 Å². The number of phenolic OH excluding ortho intramolecular Hbond substituents is 1. The van der Waals surface area contributed by atoms with Crippen LogP contribution in [-0.2, 0) is 20.2 Å². The number of fused-ring (bicyclic) bond motifs is 1. The van der Waals surface area contributed by atoms with E-state index in [1.54, 1.807) is 107 Å². The maximum absolute atomic E-state index is 14.9. The first-order valence-corrected chi connectivity index (χ1v) is 25.2. The van der Waals surface area contributed by atoms with Crippen LogP contribution in [0.25, 0.3) is 10.8 Å². The van der Waals surface area contributed by atoms with Crippen molar-refractivity contribution in [1.29, 1.82) is 0 Å². The number of nitrogens with one attached hydrogen (secondary N) is 5. The molecule has 0 saturated heterocycles. The standard InChI is InChI=1S/C48H42F2N16O8S2/c1-25-10-11-30(24-67)37(17-25)63-65-42(29-8-6-5-7-9-29)66-64-39-22-34(75(69,70)71)21-38(41(39)68)54-48-58-44(50)56-46(60-48)52-28(4)23-51-45-55-43(49)57-47(59-45)53-31-12-14-32(15-13-31)61-62-33-19-27(3)35-16-26(2)18-40(36(35)20-33)76(72,73)74/h5-22,24,28,64,68H,23H2,1-4H3,(H,69,70,71)(H,72,73,74)(H2,51,53,55,57,59)(H2,52,54,56,58,60)/b62-61?,65-63?,66-42-. The van der Waals surface area contributed by atoms with Gasteiger partial charge in [-0.1, -0.05) is 42.5 Å². The minimum Gasteiger partial charge on any atom is -0.504 e. The van der Waals surface area contributed by atoms with Gasteiger partial charge in [0, 0.05) is 34.8 Å². The number of halogens is 2. The van der Waals surface area contributed by atoms with Crippen molar-refractivity contribution in [3.63, 3.8) is 0 Å². The van der Waals surface area contributed by atoms with E-state index in [-0.39, 0.29) is 52.1 Å². The number of carbonyl (C=O) groups excluding carboxylic acids is 1. The molecular weight excluding hydrogens is 1030 g/mol. The molecule has 76 heavy (non-hydrogen) atoms. The lowest BCUT2D eigenvalue weighted by Gasteiger charge is -2.16. The maximum Gasteiger partial charge on any atom is 0.315 e. The second-order valence-corrected chi connectivity index (χ2v) is 19.5. The van der Waals surface area contributed by atoms with Crippen LogP contribution in [0.4, 0.5) is 66.7 Å². The summed E-state index contributed by atoms with van der Waals surface area (Å²) in [5, 5.41) is 44.4. The third-order valence-electron chi connectivity index (χ3n) is 10.7. The number of nitrogens with zero attached hydrogens (tertiary/aromatic N) is 11. The number of carbonyl (C=O) groups is 1. The number of rotatable bonds is 18. The quantitative estimate of drug-likeness (QED) is 0.00753. The van der Waals surface area contributed by atoms with Crippen LogP contribution < -0.4 is 26.7 Å². The number of aromatic nitrogens is 6. The van der Waals surface area contributed by atoms with E-state index in [0.717, 1.165) is 23.3 Å². The van der Waals surface area contributed by atoms with E-state index in [9.17, 15) is 44.6 Å². The van der Waals surface area contributed by atoms with E-state index in [0.29, 0.717) is 45.2 Å². The number of hydrogen-bond donors (Lipinski definition) is 8. The van der Waals surface area contributed by atoms with Crippen LogP contribution in [-0.4, -0.2) is 85.7 Å². The van der Waals surface area contributed by atoms with Crippen molar-refractivity contribution in [2.75, 3.05) is 33.2 Å². The zero-order valence-electron chi connectivity index (χ0n) is 40.1. The van der Waals surface area contributed by atoms with Crippen LogP contribution >= 0.6 is 0 Å². The van der Waals surface area contributed by atoms with E-state index in [1.807, 2.05) is 6.07 Å². The number of benzene rings is 6. The van der Waals surface area contributed by atoms with E-state index < -0.39 is 60.7 Å². The molecule has 1 unspecified atom stereocenters. The zero-order valence-corrected chi connectivity index (χ0v) is 41.8. The second kappa shape index (κ2) is 22.4. The van der Waals surface area contributed by atoms with Gasteiger partial charge in [0.15, 0.2) is 12.0 Å². The molecule has 8 N–H and O–H groups in total. The van der Waals surface area contributed by atoms with Crippen molar-refractivity contribution in [2.45, 2.75) is 43.5 Å². The lowest BCUT2D eigenvalue weighted by atomic mass is 10.0. The molecular formula is C48H42F2N16O8S2. The predicted molar refractivity (Wildman–Crippen MR) is 277 cm³/mol. The first-order chi connectivity index (χ1) is 36.2. The van der Waals surface area contributed by atoms with Gasteiger partial charge >= 0.3 is 12.2 Å². The summed E-state index contributed by atoms with van der Waals surface area (Å²) in [6.45, 7) is 6.92. The Morgan fingerprint density at radius 1 is 0.671 bits per heavy atom. The Hall–Kier alpha value is -9.38. The Morgan fingerprint density at radius 2 is 1.33 bits per heavy atom. The lowest BCUT2D eigenvalue weighted by Crippen LogP contribution is -2.27. The van der Waals surface area contributed by atoms with Crippen molar-refractivity contribution in [3.05, 3.63) is 149 Å². The molecule has 0 fully saturated rings. The Morgan fingerprint density at radius 3 is 2.03 bits per heavy atom. The molecule has 2 aromatic heterocycles. The number of hydrogen-bond acceptors (Lipinski definition) is 21. The highest BCUT2D eigenvalue weighted by molar-refractivity contribution is 7.86. The molecule has 2 heterocycles. The van der Waals surface area contributed by atoms with Crippen LogP contribution in [0.15, 0.2) is 145 Å². The van der Waals surface area contributed by atoms with E-state index in [2.05, 4.69) is 82.2 Å². The molecule has 6 aromatic carbocycles. The smallest absolute Gasteiger partial charge is 0.315 e. The highest BCUT2D eigenvalue weighted by Gasteiger charge is 2.21. The molecule has 0 radical (unpaired) electrons. The summed E-state index contributed by atoms with van der Waals surface area (Å²) >= 11 is 0. The van der Waals surface area contributed by atoms with Gasteiger partial charge in [-0.25, -0.2) is 0 Å². The van der Waals surface area contributed by atoms with Gasteiger partial charge < -0.3 is 26.4 Å². The van der Waals surface area contributed by atoms with Crippen molar-refractivity contribution >= 4 is 101 Å². The molecule has 8 rings (SSSR count). The predicted octanol–water partition coefficient (Wildman–Crippen LogP) is 9.80. The first-order valence-electron chi connectivity index (χ1n) is 22.3. The number of amidine groups is 1. The fraction of sp³-hybridized carbons (Fsp3) is 0.125. The normalized spacial score (nSPS) is 12.5. The Labute approximate surface area is 431 Å². The molecule has 0 spiro atoms. The molecule has 1 atom stereocenters. The molecule has 28 heteroatoms. The molecule has 0 amide bonds. The van der Waals surface area contributed by atoms with Gasteiger partial charge in [-0.2, -0.15) is 70.9 Å². The van der Waals surface area contributed by atoms with E-state index >= 15 is 0 Å². The molecule has 24 nitrogen and oxygen atoms in total. The van der Waals surface area contributed by atoms with Crippen LogP contribution in [0.3, 0.4) is 0 Å². The SMILES string of the molecule is Cc1ccc(C=O)c(N=N/C(=N\Nc2cc(S(=O)(=O)O)cc(Nc3nc(F)nc(NC(C)CNc4nc(F)nc(Nc5ccc(N=Nc6cc(C)c7cc(C)cc(S(=O)(=O)O)c7c6)cc5)n4)n3)c2O)c2ccccc2)c1. The van der Waals surface area contributed by atoms with Gasteiger partial charge in [-0.15, -0.1) is 10.2 Å². The molecule has 0 saturated carbocycles. The monoisotopic (exact) mass is 1070 g/mol. The summed E-state index contributed by atoms with van der Waals surface area (Å²) in [6, 6.07) is 27.2. The number of hydrazone groups is 1. The van der Waals surface area contributed by atoms with Crippen LogP contribution in [0.5, 0.6) is 5.75 Å². The minimum absolute atomic E-state index is 0.0212. The third-order valence-corrected chi connectivity index (χ3v) is 12.4. The average Bonchev–Trinajstić information content (AvgIpc) is 3.37. The largest absolute Gasteiger partial charge is 0.504 e. The van der Waals surface area contributed by atoms with Gasteiger partial charge in [-0.3, -0.25) is 19.3 Å². The van der Waals surface area contributed by atoms with E-state index in [4.69, 9.17) is 0 Å². The van der Waals surface area contributed by atoms with E-state index in [1.165, 1.54) is 12.1 Å². The van der Waals surface area contributed by atoms with Gasteiger partial charge in [0.2, 0.25) is 29.6 Å². The molecule has 0 aliphatic carbocycles. The highest BCUT2D eigenvalue weighted by Crippen LogP contribution is 2.37. The summed E-state index contributed by atoms with van der Waals surface area (Å²) in [5.41, 5.74) is 6.01. The molecule has 8 aromatic rings. The lowest BCUT2D eigenvalue weighted by molar-refractivity contribution is 0.112. The maximum atomic E-state index is 14.9. The number of aldehydes is 1. The summed E-state index contributed by atoms with van der Waals surface area (Å²) in [4.78, 5) is 33.7. The minimum atomic E-state index is -4.94. The molecule has 0 aliphatic rings. The Bertz CT molecular complexity index is 3860. The number of anilines is 7. The molecule has 0 aliphatic heterocycles. The summed E-state index contributed by atoms with van der Waals surface area (Å²) in [5.74, 6) is -1.96. The summed E-state index contributed by atoms with van der Waals surface area (Å²) in [7, 11) is -9.46. The summed E-state index contributed by atoms with van der Waals surface area (Å²) in [6.07, 6.45) is -1.81. The topological polar surface area (TPSA) is 345 Å². The van der Waals surface area contributed by atoms with Crippen LogP contribution in [0, 0.1) is 32.9 Å². The second-order valence-electron chi connectivity index (χ2n) is 16.7.